The van der Waals surface area contributed by atoms with E-state index in [2.05, 4.69) is 21.2 Å². The molecule has 0 atom stereocenters. The summed E-state index contributed by atoms with van der Waals surface area (Å²) in [5.74, 6) is 2.96. The van der Waals surface area contributed by atoms with Crippen LogP contribution in [0.1, 0.15) is 44.6 Å². The minimum Gasteiger partial charge on any atom is -0.487 e. The van der Waals surface area contributed by atoms with Gasteiger partial charge < -0.3 is 14.8 Å². The molecule has 2 aromatic carbocycles. The molecule has 0 amide bonds. The first-order valence-electron chi connectivity index (χ1n) is 11.1. The van der Waals surface area contributed by atoms with Gasteiger partial charge in [0.05, 0.1) is 29.0 Å². The van der Waals surface area contributed by atoms with Crippen molar-refractivity contribution in [1.29, 1.82) is 0 Å². The van der Waals surface area contributed by atoms with Gasteiger partial charge in [-0.25, -0.2) is 9.97 Å². The number of anilines is 2. The Morgan fingerprint density at radius 3 is 2.76 bits per heavy atom. The van der Waals surface area contributed by atoms with Crippen LogP contribution in [-0.2, 0) is 9.53 Å². The number of carbonyl (C=O) groups is 1. The third kappa shape index (κ3) is 6.65. The Morgan fingerprint density at radius 2 is 2.00 bits per heavy atom. The van der Waals surface area contributed by atoms with Gasteiger partial charge in [-0.3, -0.25) is 14.9 Å². The summed E-state index contributed by atoms with van der Waals surface area (Å²) in [5, 5.41) is 15.4. The molecule has 0 aliphatic rings. The maximum absolute atomic E-state index is 11.7. The number of nitro groups is 1. The molecule has 0 spiro atoms. The molecule has 1 heterocycles. The molecule has 0 radical (unpaired) electrons. The van der Waals surface area contributed by atoms with Crippen LogP contribution >= 0.6 is 0 Å². The zero-order valence-electron chi connectivity index (χ0n) is 19.0. The Kier molecular flexibility index (Phi) is 8.74. The fraction of sp³-hybridized carbons (Fsp3) is 0.320. The van der Waals surface area contributed by atoms with E-state index in [1.807, 2.05) is 12.1 Å². The predicted molar refractivity (Wildman–Crippen MR) is 129 cm³/mol. The smallest absolute Gasteiger partial charge is 0.311 e. The number of rotatable bonds is 12. The largest absolute Gasteiger partial charge is 0.487 e. The third-order valence-electron chi connectivity index (χ3n) is 5.04. The normalized spacial score (nSPS) is 10.5. The molecule has 0 bridgehead atoms. The van der Waals surface area contributed by atoms with Crippen LogP contribution in [0.5, 0.6) is 5.75 Å². The van der Waals surface area contributed by atoms with E-state index in [0.29, 0.717) is 54.0 Å². The molecule has 1 N–H and O–H groups in total. The van der Waals surface area contributed by atoms with E-state index in [1.165, 1.54) is 12.4 Å². The highest BCUT2D eigenvalue weighted by Crippen LogP contribution is 2.34. The highest BCUT2D eigenvalue weighted by molar-refractivity contribution is 5.93. The number of benzene rings is 2. The predicted octanol–water partition coefficient (Wildman–Crippen LogP) is 5.16. The van der Waals surface area contributed by atoms with Gasteiger partial charge >= 0.3 is 11.7 Å². The molecular formula is C25H26N4O5. The Balaban J connectivity index is 1.67. The van der Waals surface area contributed by atoms with Crippen LogP contribution in [0.15, 0.2) is 42.7 Å². The van der Waals surface area contributed by atoms with Gasteiger partial charge in [-0.15, -0.1) is 6.42 Å². The summed E-state index contributed by atoms with van der Waals surface area (Å²) in [6.45, 7) is 2.49. The molecule has 176 valence electrons. The number of ether oxygens (including phenoxy) is 2. The lowest BCUT2D eigenvalue weighted by Crippen LogP contribution is -2.04. The highest BCUT2D eigenvalue weighted by Gasteiger charge is 2.19. The van der Waals surface area contributed by atoms with Crippen molar-refractivity contribution in [1.82, 2.24) is 9.97 Å². The van der Waals surface area contributed by atoms with Gasteiger partial charge in [0.25, 0.3) is 0 Å². The number of aromatic nitrogens is 2. The zero-order valence-corrected chi connectivity index (χ0v) is 19.0. The molecule has 3 aromatic rings. The van der Waals surface area contributed by atoms with Gasteiger partial charge in [0.2, 0.25) is 0 Å². The van der Waals surface area contributed by atoms with E-state index in [0.717, 1.165) is 19.3 Å². The molecule has 0 fully saturated rings. The third-order valence-corrected chi connectivity index (χ3v) is 5.04. The van der Waals surface area contributed by atoms with Crippen molar-refractivity contribution in [3.8, 4) is 18.1 Å². The maximum Gasteiger partial charge on any atom is 0.311 e. The summed E-state index contributed by atoms with van der Waals surface area (Å²) < 4.78 is 10.6. The fourth-order valence-electron chi connectivity index (χ4n) is 3.39. The van der Waals surface area contributed by atoms with E-state index >= 15 is 0 Å². The standard InChI is InChI=1S/C25H26N4O5/c1-3-18-10-9-11-19(14-18)28-25-20-15-22(29(31)32)23(16-21(20)26-17-27-25)34-13-8-6-5-7-12-24(30)33-4-2/h1,9-11,14-17H,4-8,12-13H2,2H3,(H,26,27,28). The molecular weight excluding hydrogens is 436 g/mol. The number of terminal acetylenes is 1. The number of nitrogens with one attached hydrogen (secondary N) is 1. The van der Waals surface area contributed by atoms with Crippen LogP contribution in [0.2, 0.25) is 0 Å². The van der Waals surface area contributed by atoms with Gasteiger partial charge in [-0.2, -0.15) is 0 Å². The van der Waals surface area contributed by atoms with Crippen LogP contribution in [0.4, 0.5) is 17.2 Å². The van der Waals surface area contributed by atoms with Crippen molar-refractivity contribution in [2.75, 3.05) is 18.5 Å². The van der Waals surface area contributed by atoms with Gasteiger partial charge in [-0.05, 0) is 38.0 Å². The molecule has 0 saturated heterocycles. The molecule has 9 heteroatoms. The Bertz CT molecular complexity index is 1210. The van der Waals surface area contributed by atoms with Crippen LogP contribution in [0.3, 0.4) is 0 Å². The van der Waals surface area contributed by atoms with E-state index < -0.39 is 4.92 Å². The molecule has 1 aromatic heterocycles. The summed E-state index contributed by atoms with van der Waals surface area (Å²) in [4.78, 5) is 31.1. The first kappa shape index (κ1) is 24.5. The van der Waals surface area contributed by atoms with Crippen LogP contribution < -0.4 is 10.1 Å². The Labute approximate surface area is 197 Å². The maximum atomic E-state index is 11.7. The number of hydrogen-bond acceptors (Lipinski definition) is 8. The van der Waals surface area contributed by atoms with Crippen LogP contribution in [0.25, 0.3) is 10.9 Å². The molecule has 0 aliphatic carbocycles. The molecule has 0 aliphatic heterocycles. The average Bonchev–Trinajstić information content (AvgIpc) is 2.83. The number of unbranched alkanes of at least 4 members (excludes halogenated alkanes) is 3. The first-order valence-corrected chi connectivity index (χ1v) is 11.1. The van der Waals surface area contributed by atoms with Crippen molar-refractivity contribution >= 4 is 34.1 Å². The van der Waals surface area contributed by atoms with Gasteiger partial charge in [0.15, 0.2) is 5.75 Å². The fourth-order valence-corrected chi connectivity index (χ4v) is 3.39. The van der Waals surface area contributed by atoms with E-state index in [4.69, 9.17) is 15.9 Å². The number of esters is 1. The average molecular weight is 463 g/mol. The minimum atomic E-state index is -0.482. The second-order valence-electron chi connectivity index (χ2n) is 7.48. The second kappa shape index (κ2) is 12.2. The summed E-state index contributed by atoms with van der Waals surface area (Å²) in [7, 11) is 0. The topological polar surface area (TPSA) is 116 Å². The van der Waals surface area contributed by atoms with Crippen molar-refractivity contribution in [2.24, 2.45) is 0 Å². The molecule has 34 heavy (non-hydrogen) atoms. The summed E-state index contributed by atoms with van der Waals surface area (Å²) >= 11 is 0. The van der Waals surface area contributed by atoms with Crippen molar-refractivity contribution in [2.45, 2.75) is 39.0 Å². The van der Waals surface area contributed by atoms with E-state index in [-0.39, 0.29) is 17.4 Å². The second-order valence-corrected chi connectivity index (χ2v) is 7.48. The highest BCUT2D eigenvalue weighted by atomic mass is 16.6. The van der Waals surface area contributed by atoms with Gasteiger partial charge in [0.1, 0.15) is 12.1 Å². The molecule has 9 nitrogen and oxygen atoms in total. The zero-order chi connectivity index (χ0) is 24.3. The summed E-state index contributed by atoms with van der Waals surface area (Å²) in [5.41, 5.74) is 1.76. The number of carbonyl (C=O) groups excluding carboxylic acids is 1. The Hall–Kier alpha value is -4.19. The lowest BCUT2D eigenvalue weighted by atomic mass is 10.1. The molecule has 0 saturated carbocycles. The van der Waals surface area contributed by atoms with Gasteiger partial charge in [-0.1, -0.05) is 24.8 Å². The van der Waals surface area contributed by atoms with Crippen LogP contribution in [-0.4, -0.2) is 34.1 Å². The minimum absolute atomic E-state index is 0.156. The van der Waals surface area contributed by atoms with Crippen molar-refractivity contribution in [3.05, 3.63) is 58.4 Å². The van der Waals surface area contributed by atoms with Crippen molar-refractivity contribution < 1.29 is 19.2 Å². The SMILES string of the molecule is C#Cc1cccc(Nc2ncnc3cc(OCCCCCCC(=O)OCC)c([N+](=O)[O-])cc23)c1. The summed E-state index contributed by atoms with van der Waals surface area (Å²) in [6.07, 6.45) is 10.4. The molecule has 3 rings (SSSR count). The quantitative estimate of drug-likeness (QED) is 0.129. The number of fused-ring (bicyclic) bond motifs is 1. The summed E-state index contributed by atoms with van der Waals surface area (Å²) in [6, 6.07) is 10.2. The first-order chi connectivity index (χ1) is 16.5. The number of nitro benzene ring substituents is 1. The monoisotopic (exact) mass is 462 g/mol. The Morgan fingerprint density at radius 1 is 1.18 bits per heavy atom. The lowest BCUT2D eigenvalue weighted by Gasteiger charge is -2.11. The molecule has 0 unspecified atom stereocenters. The number of nitrogens with zero attached hydrogens (tertiary/aromatic N) is 3. The van der Waals surface area contributed by atoms with Crippen LogP contribution in [0, 0.1) is 22.5 Å². The van der Waals surface area contributed by atoms with E-state index in [1.54, 1.807) is 25.1 Å². The lowest BCUT2D eigenvalue weighted by molar-refractivity contribution is -0.385. The van der Waals surface area contributed by atoms with Crippen molar-refractivity contribution in [3.63, 3.8) is 0 Å². The number of hydrogen-bond donors (Lipinski definition) is 1. The van der Waals surface area contributed by atoms with Gasteiger partial charge in [0, 0.05) is 29.8 Å². The van der Waals surface area contributed by atoms with E-state index in [9.17, 15) is 14.9 Å².